The molecule has 5 nitrogen and oxygen atoms in total. The van der Waals surface area contributed by atoms with Gasteiger partial charge in [0.15, 0.2) is 5.96 Å². The number of hydrogen-bond donors (Lipinski definition) is 2. The molecular weight excluding hydrogens is 324 g/mol. The van der Waals surface area contributed by atoms with Crippen LogP contribution in [-0.4, -0.2) is 56.8 Å². The lowest BCUT2D eigenvalue weighted by atomic mass is 9.96. The Hall–Kier alpha value is -1.59. The van der Waals surface area contributed by atoms with Crippen LogP contribution in [0.25, 0.3) is 0 Å². The zero-order valence-electron chi connectivity index (χ0n) is 16.3. The van der Waals surface area contributed by atoms with Gasteiger partial charge >= 0.3 is 0 Å². The first kappa shape index (κ1) is 19.2. The van der Waals surface area contributed by atoms with E-state index < -0.39 is 0 Å². The normalized spacial score (nSPS) is 22.5. The molecule has 2 aliphatic heterocycles. The van der Waals surface area contributed by atoms with E-state index in [1.807, 2.05) is 7.05 Å². The summed E-state index contributed by atoms with van der Waals surface area (Å²) in [7, 11) is 1.84. The Balaban J connectivity index is 1.33. The molecule has 26 heavy (non-hydrogen) atoms. The third-order valence-electron chi connectivity index (χ3n) is 5.54. The number of nitrogens with one attached hydrogen (secondary N) is 2. The highest BCUT2D eigenvalue weighted by molar-refractivity contribution is 5.79. The molecule has 0 radical (unpaired) electrons. The summed E-state index contributed by atoms with van der Waals surface area (Å²) in [6.45, 7) is 8.35. The van der Waals surface area contributed by atoms with Crippen LogP contribution in [-0.2, 0) is 11.3 Å². The molecule has 144 valence electrons. The van der Waals surface area contributed by atoms with Crippen LogP contribution in [0.2, 0.25) is 0 Å². The molecule has 0 saturated carbocycles. The van der Waals surface area contributed by atoms with Crippen molar-refractivity contribution >= 4 is 5.96 Å². The van der Waals surface area contributed by atoms with E-state index in [1.54, 1.807) is 0 Å². The summed E-state index contributed by atoms with van der Waals surface area (Å²) in [5.74, 6) is 1.63. The molecule has 2 fully saturated rings. The van der Waals surface area contributed by atoms with Crippen LogP contribution in [0.3, 0.4) is 0 Å². The second kappa shape index (κ2) is 9.93. The summed E-state index contributed by atoms with van der Waals surface area (Å²) in [5, 5.41) is 6.90. The van der Waals surface area contributed by atoms with Gasteiger partial charge < -0.3 is 15.4 Å². The molecule has 1 unspecified atom stereocenters. The SMILES string of the molecule is CN=C(NCC1CCN(Cc2ccc(C)cc2)CC1)NCC1CCCO1. The summed E-state index contributed by atoms with van der Waals surface area (Å²) in [6, 6.07) is 8.93. The summed E-state index contributed by atoms with van der Waals surface area (Å²) < 4.78 is 5.66. The minimum absolute atomic E-state index is 0.346. The van der Waals surface area contributed by atoms with Gasteiger partial charge in [-0.05, 0) is 57.2 Å². The topological polar surface area (TPSA) is 48.9 Å². The van der Waals surface area contributed by atoms with Crippen LogP contribution in [0.1, 0.15) is 36.8 Å². The summed E-state index contributed by atoms with van der Waals surface area (Å²) in [6.07, 6.45) is 5.19. The molecule has 3 rings (SSSR count). The Labute approximate surface area is 158 Å². The molecule has 1 atom stereocenters. The predicted molar refractivity (Wildman–Crippen MR) is 108 cm³/mol. The van der Waals surface area contributed by atoms with Gasteiger partial charge in [0.25, 0.3) is 0 Å². The monoisotopic (exact) mass is 358 g/mol. The third-order valence-corrected chi connectivity index (χ3v) is 5.54. The lowest BCUT2D eigenvalue weighted by molar-refractivity contribution is 0.113. The van der Waals surface area contributed by atoms with Crippen LogP contribution in [0.15, 0.2) is 29.3 Å². The largest absolute Gasteiger partial charge is 0.376 e. The second-order valence-corrected chi connectivity index (χ2v) is 7.67. The first-order chi connectivity index (χ1) is 12.7. The highest BCUT2D eigenvalue weighted by Crippen LogP contribution is 2.18. The van der Waals surface area contributed by atoms with Gasteiger partial charge in [0.05, 0.1) is 6.10 Å². The maximum atomic E-state index is 5.66. The molecule has 2 heterocycles. The minimum Gasteiger partial charge on any atom is -0.376 e. The van der Waals surface area contributed by atoms with Gasteiger partial charge in [-0.25, -0.2) is 0 Å². The molecule has 1 aromatic carbocycles. The molecule has 0 bridgehead atoms. The van der Waals surface area contributed by atoms with Gasteiger partial charge in [-0.3, -0.25) is 9.89 Å². The molecule has 0 aliphatic carbocycles. The van der Waals surface area contributed by atoms with Gasteiger partial charge in [0, 0.05) is 33.3 Å². The maximum Gasteiger partial charge on any atom is 0.191 e. The molecule has 1 aromatic rings. The van der Waals surface area contributed by atoms with E-state index in [0.717, 1.165) is 44.5 Å². The molecule has 2 N–H and O–H groups in total. The number of aliphatic imine (C=N–C) groups is 1. The minimum atomic E-state index is 0.346. The van der Waals surface area contributed by atoms with Crippen molar-refractivity contribution in [1.29, 1.82) is 0 Å². The number of rotatable bonds is 6. The van der Waals surface area contributed by atoms with Crippen molar-refractivity contribution in [2.75, 3.05) is 39.8 Å². The van der Waals surface area contributed by atoms with Crippen molar-refractivity contribution in [3.05, 3.63) is 35.4 Å². The molecule has 0 spiro atoms. The summed E-state index contributed by atoms with van der Waals surface area (Å²) in [4.78, 5) is 6.91. The van der Waals surface area contributed by atoms with Crippen LogP contribution in [0, 0.1) is 12.8 Å². The number of guanidine groups is 1. The van der Waals surface area contributed by atoms with E-state index >= 15 is 0 Å². The fourth-order valence-corrected chi connectivity index (χ4v) is 3.78. The zero-order chi connectivity index (χ0) is 18.2. The van der Waals surface area contributed by atoms with Crippen molar-refractivity contribution in [3.63, 3.8) is 0 Å². The molecule has 2 aliphatic rings. The maximum absolute atomic E-state index is 5.66. The smallest absolute Gasteiger partial charge is 0.191 e. The summed E-state index contributed by atoms with van der Waals surface area (Å²) in [5.41, 5.74) is 2.76. The number of piperidine rings is 1. The number of hydrogen-bond acceptors (Lipinski definition) is 3. The Morgan fingerprint density at radius 2 is 1.85 bits per heavy atom. The van der Waals surface area contributed by atoms with E-state index in [9.17, 15) is 0 Å². The number of nitrogens with zero attached hydrogens (tertiary/aromatic N) is 2. The Bertz CT molecular complexity index is 558. The van der Waals surface area contributed by atoms with Crippen molar-refractivity contribution in [1.82, 2.24) is 15.5 Å². The molecule has 0 aromatic heterocycles. The third kappa shape index (κ3) is 5.99. The molecule has 5 heteroatoms. The number of benzene rings is 1. The van der Waals surface area contributed by atoms with Gasteiger partial charge in [-0.1, -0.05) is 29.8 Å². The summed E-state index contributed by atoms with van der Waals surface area (Å²) >= 11 is 0. The van der Waals surface area contributed by atoms with Crippen molar-refractivity contribution in [2.45, 2.75) is 45.3 Å². The number of aryl methyl sites for hydroxylation is 1. The van der Waals surface area contributed by atoms with Crippen molar-refractivity contribution in [3.8, 4) is 0 Å². The van der Waals surface area contributed by atoms with Crippen LogP contribution in [0.5, 0.6) is 0 Å². The zero-order valence-corrected chi connectivity index (χ0v) is 16.3. The first-order valence-electron chi connectivity index (χ1n) is 10.1. The second-order valence-electron chi connectivity index (χ2n) is 7.67. The van der Waals surface area contributed by atoms with Gasteiger partial charge in [-0.15, -0.1) is 0 Å². The molecular formula is C21H34N4O. The molecule has 2 saturated heterocycles. The quantitative estimate of drug-likeness (QED) is 0.606. The van der Waals surface area contributed by atoms with Crippen LogP contribution in [0.4, 0.5) is 0 Å². The van der Waals surface area contributed by atoms with Crippen LogP contribution >= 0.6 is 0 Å². The Morgan fingerprint density at radius 1 is 1.12 bits per heavy atom. The fraction of sp³-hybridized carbons (Fsp3) is 0.667. The van der Waals surface area contributed by atoms with E-state index in [2.05, 4.69) is 51.7 Å². The van der Waals surface area contributed by atoms with Gasteiger partial charge in [0.1, 0.15) is 0 Å². The van der Waals surface area contributed by atoms with Gasteiger partial charge in [-0.2, -0.15) is 0 Å². The highest BCUT2D eigenvalue weighted by Gasteiger charge is 2.20. The Morgan fingerprint density at radius 3 is 2.50 bits per heavy atom. The number of likely N-dealkylation sites (tertiary alicyclic amines) is 1. The van der Waals surface area contributed by atoms with E-state index in [4.69, 9.17) is 4.74 Å². The average molecular weight is 359 g/mol. The standard InChI is InChI=1S/C21H34N4O/c1-17-5-7-19(8-6-17)16-25-11-9-18(10-12-25)14-23-21(22-2)24-15-20-4-3-13-26-20/h5-8,18,20H,3-4,9-16H2,1-2H3,(H2,22,23,24). The van der Waals surface area contributed by atoms with E-state index in [1.165, 1.54) is 43.5 Å². The number of ether oxygens (including phenoxy) is 1. The van der Waals surface area contributed by atoms with Gasteiger partial charge in [0.2, 0.25) is 0 Å². The van der Waals surface area contributed by atoms with Crippen LogP contribution < -0.4 is 10.6 Å². The predicted octanol–water partition coefficient (Wildman–Crippen LogP) is 2.55. The average Bonchev–Trinajstić information content (AvgIpc) is 3.18. The van der Waals surface area contributed by atoms with Crippen molar-refractivity contribution in [2.24, 2.45) is 10.9 Å². The fourth-order valence-electron chi connectivity index (χ4n) is 3.78. The lowest BCUT2D eigenvalue weighted by Crippen LogP contribution is -2.44. The van der Waals surface area contributed by atoms with E-state index in [-0.39, 0.29) is 0 Å². The van der Waals surface area contributed by atoms with Crippen molar-refractivity contribution < 1.29 is 4.74 Å². The highest BCUT2D eigenvalue weighted by atomic mass is 16.5. The lowest BCUT2D eigenvalue weighted by Gasteiger charge is -2.32. The van der Waals surface area contributed by atoms with E-state index in [0.29, 0.717) is 6.10 Å². The first-order valence-corrected chi connectivity index (χ1v) is 10.1. The Kier molecular flexibility index (Phi) is 7.32. The molecule has 0 amide bonds.